The van der Waals surface area contributed by atoms with Gasteiger partial charge in [0, 0.05) is 99.9 Å². The molecule has 0 amide bonds. The van der Waals surface area contributed by atoms with Crippen molar-refractivity contribution in [2.45, 2.75) is 0 Å². The summed E-state index contributed by atoms with van der Waals surface area (Å²) in [5, 5.41) is 12.8. The van der Waals surface area contributed by atoms with E-state index in [2.05, 4.69) is 390 Å². The zero-order valence-corrected chi connectivity index (χ0v) is 70.1. The van der Waals surface area contributed by atoms with Gasteiger partial charge in [-0.1, -0.05) is 346 Å². The van der Waals surface area contributed by atoms with Gasteiger partial charge in [-0.05, 0) is 174 Å². The summed E-state index contributed by atoms with van der Waals surface area (Å²) >= 11 is 1.76. The maximum absolute atomic E-state index is 5.14. The molecule has 0 bridgehead atoms. The van der Waals surface area contributed by atoms with Crippen molar-refractivity contribution in [2.75, 3.05) is 0 Å². The number of thiophene rings is 1. The molecule has 598 valence electrons. The van der Waals surface area contributed by atoms with Crippen molar-refractivity contribution in [3.8, 4) is 129 Å². The summed E-state index contributed by atoms with van der Waals surface area (Å²) in [6.45, 7) is 0. The van der Waals surface area contributed by atoms with Crippen molar-refractivity contribution in [3.05, 3.63) is 455 Å². The summed E-state index contributed by atoms with van der Waals surface area (Å²) < 4.78 is 4.59. The standard InChI is InChI=1S/C41H25N3S.C39H25N3.C38H25N3/c1-2-10-27(11-3-1)38-40-39(34-17-6-7-18-36(34)45-40)44-41(43-38)28-21-19-26(20-22-28)29-12-8-13-30(24-29)35-25-31-14-9-23-42-37(31)33-16-5-4-15-32(33)35;1-2-10-27(11-3-1)38-34-17-6-7-18-36(34)41-39(42-38)28-21-19-26(20-22-28)29-12-8-13-30(24-29)35-25-31-14-9-23-40-37(31)33-16-5-4-15-32(33)35;1-2-13-31(14-3-1)41-36-18-7-6-17-35(36)40-38(41)27-21-19-26(20-22-27)28-10-8-11-29(24-28)34-25-30-12-9-23-39-37(30)33-16-5-4-15-32(33)34/h1-25H;1-25H;1-25H. The van der Waals surface area contributed by atoms with Crippen LogP contribution in [0.25, 0.3) is 236 Å². The molecule has 0 N–H and O–H groups in total. The van der Waals surface area contributed by atoms with Crippen LogP contribution in [-0.2, 0) is 0 Å². The molecule has 10 heteroatoms. The minimum absolute atomic E-state index is 0.726. The van der Waals surface area contributed by atoms with Gasteiger partial charge in [-0.15, -0.1) is 11.3 Å². The first-order valence-corrected chi connectivity index (χ1v) is 43.8. The summed E-state index contributed by atoms with van der Waals surface area (Å²) in [6, 6.07) is 153. The molecule has 0 saturated heterocycles. The van der Waals surface area contributed by atoms with E-state index in [1.807, 2.05) is 85.3 Å². The van der Waals surface area contributed by atoms with Crippen molar-refractivity contribution in [3.63, 3.8) is 0 Å². The van der Waals surface area contributed by atoms with E-state index in [1.54, 1.807) is 11.3 Å². The van der Waals surface area contributed by atoms with Gasteiger partial charge in [-0.25, -0.2) is 24.9 Å². The predicted molar refractivity (Wildman–Crippen MR) is 534 cm³/mol. The third kappa shape index (κ3) is 14.3. The van der Waals surface area contributed by atoms with Crippen LogP contribution in [0.4, 0.5) is 0 Å². The molecule has 128 heavy (non-hydrogen) atoms. The van der Waals surface area contributed by atoms with Crippen LogP contribution in [-0.4, -0.2) is 44.4 Å². The molecule has 25 rings (SSSR count). The molecular weight excluding hydrogens is 1580 g/mol. The van der Waals surface area contributed by atoms with Gasteiger partial charge in [-0.2, -0.15) is 0 Å². The highest BCUT2D eigenvalue weighted by Crippen LogP contribution is 2.44. The minimum atomic E-state index is 0.726. The summed E-state index contributed by atoms with van der Waals surface area (Å²) in [6.07, 6.45) is 5.60. The highest BCUT2D eigenvalue weighted by molar-refractivity contribution is 7.26. The van der Waals surface area contributed by atoms with E-state index in [-0.39, 0.29) is 0 Å². The molecular formula is C118H75N9S. The smallest absolute Gasteiger partial charge is 0.160 e. The lowest BCUT2D eigenvalue weighted by molar-refractivity contribution is 1.10. The number of nitrogens with zero attached hydrogens (tertiary/aromatic N) is 9. The fourth-order valence-corrected chi connectivity index (χ4v) is 19.2. The van der Waals surface area contributed by atoms with Gasteiger partial charge in [0.2, 0.25) is 0 Å². The Labute approximate surface area is 742 Å². The number of benzene rings is 18. The lowest BCUT2D eigenvalue weighted by Gasteiger charge is -2.12. The largest absolute Gasteiger partial charge is 0.292 e. The SMILES string of the molecule is c1ccc(-c2nc(-c3ccc(-c4cccc(-c5cc6cccnc6c6ccccc56)c4)cc3)nc3c2sc2ccccc23)cc1.c1ccc(-c2nc(-c3ccc(-c4cccc(-c5cc6cccnc6c6ccccc56)c4)cc3)nc3ccccc23)cc1.c1ccc(-n2c(-c3ccc(-c4cccc(-c5cc6cccnc6c6ccccc56)c4)cc3)nc3ccccc32)cc1. The molecule has 0 radical (unpaired) electrons. The van der Waals surface area contributed by atoms with Crippen LogP contribution in [0.2, 0.25) is 0 Å². The van der Waals surface area contributed by atoms with E-state index in [9.17, 15) is 0 Å². The van der Waals surface area contributed by atoms with Gasteiger partial charge < -0.3 is 0 Å². The first-order chi connectivity index (χ1) is 63.4. The summed E-state index contributed by atoms with van der Waals surface area (Å²) in [4.78, 5) is 39.3. The van der Waals surface area contributed by atoms with Crippen LogP contribution in [0.15, 0.2) is 455 Å². The van der Waals surface area contributed by atoms with E-state index in [1.165, 1.54) is 98.0 Å². The Morgan fingerprint density at radius 2 is 0.562 bits per heavy atom. The molecule has 9 nitrogen and oxygen atoms in total. The Morgan fingerprint density at radius 1 is 0.203 bits per heavy atom. The fourth-order valence-electron chi connectivity index (χ4n) is 18.1. The van der Waals surface area contributed by atoms with Crippen molar-refractivity contribution >= 4 is 119 Å². The normalized spacial score (nSPS) is 11.4. The Kier molecular flexibility index (Phi) is 19.6. The molecule has 0 fully saturated rings. The maximum atomic E-state index is 5.14. The van der Waals surface area contributed by atoms with Gasteiger partial charge in [0.1, 0.15) is 5.82 Å². The number of imidazole rings is 1. The number of hydrogen-bond donors (Lipinski definition) is 0. The Bertz CT molecular complexity index is 8550. The maximum Gasteiger partial charge on any atom is 0.160 e. The number of pyridine rings is 3. The lowest BCUT2D eigenvalue weighted by atomic mass is 9.93. The van der Waals surface area contributed by atoms with Crippen LogP contribution in [0.5, 0.6) is 0 Å². The second-order valence-corrected chi connectivity index (χ2v) is 33.1. The summed E-state index contributed by atoms with van der Waals surface area (Å²) in [5.74, 6) is 2.40. The minimum Gasteiger partial charge on any atom is -0.292 e. The van der Waals surface area contributed by atoms with Gasteiger partial charge in [-0.3, -0.25) is 19.5 Å². The number of aromatic nitrogens is 9. The summed E-state index contributed by atoms with van der Waals surface area (Å²) in [5.41, 5.74) is 29.6. The third-order valence-electron chi connectivity index (χ3n) is 24.3. The molecule has 0 atom stereocenters. The van der Waals surface area contributed by atoms with Crippen LogP contribution >= 0.6 is 11.3 Å². The van der Waals surface area contributed by atoms with Crippen LogP contribution in [0.1, 0.15) is 0 Å². The van der Waals surface area contributed by atoms with E-state index in [0.29, 0.717) is 0 Å². The van der Waals surface area contributed by atoms with E-state index >= 15 is 0 Å². The summed E-state index contributed by atoms with van der Waals surface area (Å²) in [7, 11) is 0. The highest BCUT2D eigenvalue weighted by atomic mass is 32.1. The van der Waals surface area contributed by atoms with Crippen LogP contribution in [0.3, 0.4) is 0 Å². The number of hydrogen-bond acceptors (Lipinski definition) is 9. The fraction of sp³-hybridized carbons (Fsp3) is 0. The zero-order valence-electron chi connectivity index (χ0n) is 69.2. The average Bonchev–Trinajstić information content (AvgIpc) is 1.57. The van der Waals surface area contributed by atoms with Crippen LogP contribution in [0, 0.1) is 0 Å². The topological polar surface area (TPSA) is 108 Å². The molecule has 7 heterocycles. The van der Waals surface area contributed by atoms with Gasteiger partial charge >= 0.3 is 0 Å². The van der Waals surface area contributed by atoms with E-state index < -0.39 is 0 Å². The third-order valence-corrected chi connectivity index (χ3v) is 25.4. The number of para-hydroxylation sites is 4. The second-order valence-electron chi connectivity index (χ2n) is 32.0. The molecule has 0 spiro atoms. The molecule has 0 aliphatic carbocycles. The zero-order chi connectivity index (χ0) is 84.8. The number of fused-ring (bicyclic) bond motifs is 14. The molecule has 18 aromatic carbocycles. The molecule has 0 unspecified atom stereocenters. The van der Waals surface area contributed by atoms with Crippen molar-refractivity contribution in [2.24, 2.45) is 0 Å². The first kappa shape index (κ1) is 76.0. The van der Waals surface area contributed by atoms with Gasteiger partial charge in [0.25, 0.3) is 0 Å². The Balaban J connectivity index is 0.000000110. The molecule has 0 aliphatic heterocycles. The molecule has 0 saturated carbocycles. The van der Waals surface area contributed by atoms with Crippen molar-refractivity contribution in [1.29, 1.82) is 0 Å². The highest BCUT2D eigenvalue weighted by Gasteiger charge is 2.22. The monoisotopic (exact) mass is 1650 g/mol. The van der Waals surface area contributed by atoms with Crippen molar-refractivity contribution in [1.82, 2.24) is 44.4 Å². The lowest BCUT2D eigenvalue weighted by Crippen LogP contribution is -1.97. The second kappa shape index (κ2) is 33.0. The van der Waals surface area contributed by atoms with Gasteiger partial charge in [0.05, 0.1) is 54.7 Å². The quantitative estimate of drug-likeness (QED) is 0.111. The van der Waals surface area contributed by atoms with E-state index in [0.717, 1.165) is 138 Å². The first-order valence-electron chi connectivity index (χ1n) is 43.0. The molecule has 7 aromatic heterocycles. The van der Waals surface area contributed by atoms with Gasteiger partial charge in [0.15, 0.2) is 11.6 Å². The van der Waals surface area contributed by atoms with E-state index in [4.69, 9.17) is 24.9 Å². The Morgan fingerprint density at radius 3 is 1.05 bits per heavy atom. The van der Waals surface area contributed by atoms with Crippen molar-refractivity contribution < 1.29 is 0 Å². The number of rotatable bonds is 12. The molecule has 0 aliphatic rings. The van der Waals surface area contributed by atoms with Crippen LogP contribution < -0.4 is 0 Å². The average molecular weight is 1650 g/mol. The Hall–Kier alpha value is -16.9. The molecule has 25 aromatic rings. The predicted octanol–water partition coefficient (Wildman–Crippen LogP) is 30.9.